The molecule has 0 heterocycles. The fraction of sp³-hybridized carbons (Fsp3) is 0.118. The van der Waals surface area contributed by atoms with Crippen LogP contribution in [0.15, 0.2) is 59.5 Å². The fourth-order valence-electron chi connectivity index (χ4n) is 1.96. The van der Waals surface area contributed by atoms with Crippen LogP contribution in [0.3, 0.4) is 0 Å². The number of methoxy groups -OCH3 is 1. The first-order chi connectivity index (χ1) is 12.6. The molecule has 0 aliphatic heterocycles. The summed E-state index contributed by atoms with van der Waals surface area (Å²) in [4.78, 5) is 11.0. The zero-order valence-electron chi connectivity index (χ0n) is 13.9. The monoisotopic (exact) mass is 401 g/mol. The summed E-state index contributed by atoms with van der Waals surface area (Å²) in [5.74, 6) is -1.07. The summed E-state index contributed by atoms with van der Waals surface area (Å²) < 4.78 is 71.7. The maximum atomic E-state index is 12.4. The van der Waals surface area contributed by atoms with Crippen molar-refractivity contribution >= 4 is 27.8 Å². The van der Waals surface area contributed by atoms with E-state index in [-0.39, 0.29) is 10.6 Å². The van der Waals surface area contributed by atoms with Crippen molar-refractivity contribution in [2.24, 2.45) is 0 Å². The van der Waals surface area contributed by atoms with Crippen molar-refractivity contribution in [3.8, 4) is 5.75 Å². The Morgan fingerprint density at radius 2 is 1.78 bits per heavy atom. The van der Waals surface area contributed by atoms with Crippen LogP contribution >= 0.6 is 0 Å². The average Bonchev–Trinajstić information content (AvgIpc) is 2.60. The van der Waals surface area contributed by atoms with Crippen LogP contribution in [0.1, 0.15) is 5.56 Å². The summed E-state index contributed by atoms with van der Waals surface area (Å²) in [6, 6.07) is 9.97. The molecule has 0 aliphatic carbocycles. The van der Waals surface area contributed by atoms with Crippen molar-refractivity contribution in [2.45, 2.75) is 11.3 Å². The standard InChI is InChI=1S/C17H14F3NO5S/c1-25-16(22)10-5-12-3-2-4-15(11-12)27(23,24)21-13-6-8-14(9-7-13)26-17(18,19)20/h2-11,21H,1H3/b10-5+. The van der Waals surface area contributed by atoms with Crippen LogP contribution < -0.4 is 9.46 Å². The number of hydrogen-bond donors (Lipinski definition) is 1. The zero-order valence-corrected chi connectivity index (χ0v) is 14.7. The van der Waals surface area contributed by atoms with Crippen LogP contribution in [0.5, 0.6) is 5.75 Å². The van der Waals surface area contributed by atoms with Crippen LogP contribution in [0.2, 0.25) is 0 Å². The molecule has 0 aromatic heterocycles. The molecule has 1 N–H and O–H groups in total. The quantitative estimate of drug-likeness (QED) is 0.591. The van der Waals surface area contributed by atoms with Crippen LogP contribution in [-0.4, -0.2) is 27.9 Å². The number of alkyl halides is 3. The van der Waals surface area contributed by atoms with Gasteiger partial charge in [0.05, 0.1) is 12.0 Å². The van der Waals surface area contributed by atoms with Crippen molar-refractivity contribution in [1.82, 2.24) is 0 Å². The van der Waals surface area contributed by atoms with Gasteiger partial charge in [-0.1, -0.05) is 12.1 Å². The third kappa shape index (κ3) is 6.33. The van der Waals surface area contributed by atoms with Gasteiger partial charge in [-0.15, -0.1) is 13.2 Å². The minimum atomic E-state index is -4.83. The third-order valence-electron chi connectivity index (χ3n) is 3.12. The summed E-state index contributed by atoms with van der Waals surface area (Å²) in [5.41, 5.74) is 0.497. The number of anilines is 1. The molecule has 0 amide bonds. The van der Waals surface area contributed by atoms with E-state index in [9.17, 15) is 26.4 Å². The Morgan fingerprint density at radius 3 is 2.37 bits per heavy atom. The average molecular weight is 401 g/mol. The van der Waals surface area contributed by atoms with Gasteiger partial charge in [0.1, 0.15) is 5.75 Å². The van der Waals surface area contributed by atoms with Gasteiger partial charge in [-0.05, 0) is 48.0 Å². The van der Waals surface area contributed by atoms with Crippen molar-refractivity contribution in [2.75, 3.05) is 11.8 Å². The number of rotatable bonds is 6. The molecule has 144 valence electrons. The number of nitrogens with one attached hydrogen (secondary N) is 1. The van der Waals surface area contributed by atoms with Crippen molar-refractivity contribution in [3.63, 3.8) is 0 Å². The summed E-state index contributed by atoms with van der Waals surface area (Å²) >= 11 is 0. The Bertz CT molecular complexity index is 938. The lowest BCUT2D eigenvalue weighted by atomic mass is 10.2. The first-order valence-corrected chi connectivity index (χ1v) is 8.82. The molecular weight excluding hydrogens is 387 g/mol. The molecule has 6 nitrogen and oxygen atoms in total. The number of ether oxygens (including phenoxy) is 2. The summed E-state index contributed by atoms with van der Waals surface area (Å²) in [7, 11) is -2.78. The number of halogens is 3. The largest absolute Gasteiger partial charge is 0.573 e. The molecule has 0 atom stereocenters. The first kappa shape index (κ1) is 20.3. The fourth-order valence-corrected chi connectivity index (χ4v) is 3.07. The van der Waals surface area contributed by atoms with Gasteiger partial charge in [-0.2, -0.15) is 0 Å². The van der Waals surface area contributed by atoms with E-state index in [0.717, 1.165) is 30.3 Å². The molecule has 0 aliphatic rings. The van der Waals surface area contributed by atoms with E-state index in [1.165, 1.54) is 31.4 Å². The van der Waals surface area contributed by atoms with Gasteiger partial charge in [-0.3, -0.25) is 4.72 Å². The maximum Gasteiger partial charge on any atom is 0.573 e. The Balaban J connectivity index is 2.17. The lowest BCUT2D eigenvalue weighted by Crippen LogP contribution is -2.17. The molecule has 0 radical (unpaired) electrons. The second-order valence-electron chi connectivity index (χ2n) is 5.11. The summed E-state index contributed by atoms with van der Waals surface area (Å²) in [6.07, 6.45) is -2.31. The molecule has 27 heavy (non-hydrogen) atoms. The SMILES string of the molecule is COC(=O)/C=C/c1cccc(S(=O)(=O)Nc2ccc(OC(F)(F)F)cc2)c1. The van der Waals surface area contributed by atoms with Crippen LogP contribution in [-0.2, 0) is 19.6 Å². The maximum absolute atomic E-state index is 12.4. The molecule has 0 spiro atoms. The van der Waals surface area contributed by atoms with Gasteiger partial charge in [0.25, 0.3) is 10.0 Å². The number of hydrogen-bond acceptors (Lipinski definition) is 5. The highest BCUT2D eigenvalue weighted by Gasteiger charge is 2.31. The van der Waals surface area contributed by atoms with Crippen LogP contribution in [0, 0.1) is 0 Å². The van der Waals surface area contributed by atoms with Crippen LogP contribution in [0.25, 0.3) is 6.08 Å². The van der Waals surface area contributed by atoms with Gasteiger partial charge >= 0.3 is 12.3 Å². The molecule has 0 fully saturated rings. The molecule has 2 rings (SSSR count). The highest BCUT2D eigenvalue weighted by Crippen LogP contribution is 2.25. The van der Waals surface area contributed by atoms with E-state index in [1.54, 1.807) is 6.07 Å². The molecule has 0 saturated heterocycles. The molecule has 0 unspecified atom stereocenters. The number of benzene rings is 2. The van der Waals surface area contributed by atoms with Crippen molar-refractivity contribution in [1.29, 1.82) is 0 Å². The summed E-state index contributed by atoms with van der Waals surface area (Å²) in [5, 5.41) is 0. The molecule has 0 saturated carbocycles. The van der Waals surface area contributed by atoms with Crippen molar-refractivity contribution < 1.29 is 35.9 Å². The van der Waals surface area contributed by atoms with E-state index in [0.29, 0.717) is 5.56 Å². The van der Waals surface area contributed by atoms with E-state index >= 15 is 0 Å². The number of carbonyl (C=O) groups is 1. The number of esters is 1. The van der Waals surface area contributed by atoms with Gasteiger partial charge in [0.15, 0.2) is 0 Å². The predicted molar refractivity (Wildman–Crippen MR) is 91.4 cm³/mol. The molecule has 10 heteroatoms. The van der Waals surface area contributed by atoms with Gasteiger partial charge in [0, 0.05) is 11.8 Å². The van der Waals surface area contributed by atoms with E-state index in [1.807, 2.05) is 0 Å². The van der Waals surface area contributed by atoms with E-state index < -0.39 is 28.1 Å². The van der Waals surface area contributed by atoms with Gasteiger partial charge in [-0.25, -0.2) is 13.2 Å². The third-order valence-corrected chi connectivity index (χ3v) is 4.50. The Labute approximate surface area is 153 Å². The Hall–Kier alpha value is -3.01. The number of carbonyl (C=O) groups excluding carboxylic acids is 1. The van der Waals surface area contributed by atoms with Gasteiger partial charge < -0.3 is 9.47 Å². The van der Waals surface area contributed by atoms with E-state index in [2.05, 4.69) is 14.2 Å². The Morgan fingerprint density at radius 1 is 1.11 bits per heavy atom. The van der Waals surface area contributed by atoms with Crippen LogP contribution in [0.4, 0.5) is 18.9 Å². The second-order valence-corrected chi connectivity index (χ2v) is 6.79. The lowest BCUT2D eigenvalue weighted by Gasteiger charge is -2.11. The topological polar surface area (TPSA) is 81.7 Å². The first-order valence-electron chi connectivity index (χ1n) is 7.34. The molecular formula is C17H14F3NO5S. The predicted octanol–water partition coefficient (Wildman–Crippen LogP) is 3.57. The smallest absolute Gasteiger partial charge is 0.466 e. The van der Waals surface area contributed by atoms with Crippen molar-refractivity contribution in [3.05, 3.63) is 60.2 Å². The molecule has 2 aromatic carbocycles. The number of sulfonamides is 1. The Kier molecular flexibility index (Phi) is 6.11. The molecule has 0 bridgehead atoms. The normalized spacial score (nSPS) is 12.0. The lowest BCUT2D eigenvalue weighted by molar-refractivity contribution is -0.274. The second kappa shape index (κ2) is 8.12. The highest BCUT2D eigenvalue weighted by atomic mass is 32.2. The zero-order chi connectivity index (χ0) is 20.1. The summed E-state index contributed by atoms with van der Waals surface area (Å²) in [6.45, 7) is 0. The molecule has 2 aromatic rings. The highest BCUT2D eigenvalue weighted by molar-refractivity contribution is 7.92. The van der Waals surface area contributed by atoms with E-state index in [4.69, 9.17) is 0 Å². The minimum absolute atomic E-state index is 0.0556. The van der Waals surface area contributed by atoms with Gasteiger partial charge in [0.2, 0.25) is 0 Å². The minimum Gasteiger partial charge on any atom is -0.466 e.